The zero-order valence-corrected chi connectivity index (χ0v) is 6.72. The Hall–Kier alpha value is -0.210. The summed E-state index contributed by atoms with van der Waals surface area (Å²) >= 11 is 7.24. The molecule has 0 aliphatic heterocycles. The standard InChI is InChI=1S/C6H8ClNS/c1-2-8-6-4-3-5(7)9-6/h3-4,8H,2H2,1H3. The third kappa shape index (κ3) is 1.88. The van der Waals surface area contributed by atoms with Gasteiger partial charge in [-0.05, 0) is 19.1 Å². The Morgan fingerprint density at radius 3 is 2.89 bits per heavy atom. The molecule has 1 aromatic heterocycles. The number of nitrogens with one attached hydrogen (secondary N) is 1. The number of anilines is 1. The summed E-state index contributed by atoms with van der Waals surface area (Å²) in [5.74, 6) is 0. The van der Waals surface area contributed by atoms with E-state index in [4.69, 9.17) is 11.6 Å². The molecule has 0 atom stereocenters. The van der Waals surface area contributed by atoms with E-state index in [-0.39, 0.29) is 0 Å². The Bertz CT molecular complexity index is 185. The minimum atomic E-state index is 0.839. The lowest BCUT2D eigenvalue weighted by atomic mass is 10.6. The van der Waals surface area contributed by atoms with Crippen molar-refractivity contribution in [3.05, 3.63) is 16.5 Å². The van der Waals surface area contributed by atoms with Crippen LogP contribution in [0.3, 0.4) is 0 Å². The minimum Gasteiger partial charge on any atom is -0.377 e. The molecule has 0 aliphatic rings. The van der Waals surface area contributed by atoms with Gasteiger partial charge in [0, 0.05) is 6.54 Å². The quantitative estimate of drug-likeness (QED) is 0.704. The van der Waals surface area contributed by atoms with Crippen LogP contribution in [0.4, 0.5) is 5.00 Å². The van der Waals surface area contributed by atoms with Crippen LogP contribution >= 0.6 is 22.9 Å². The highest BCUT2D eigenvalue weighted by Gasteiger charge is 1.92. The molecule has 0 aromatic carbocycles. The van der Waals surface area contributed by atoms with Crippen LogP contribution in [0.1, 0.15) is 6.92 Å². The molecule has 0 amide bonds. The molecular formula is C6H8ClNS. The monoisotopic (exact) mass is 161 g/mol. The van der Waals surface area contributed by atoms with E-state index < -0.39 is 0 Å². The number of halogens is 1. The van der Waals surface area contributed by atoms with E-state index in [9.17, 15) is 0 Å². The van der Waals surface area contributed by atoms with Crippen molar-refractivity contribution in [2.24, 2.45) is 0 Å². The van der Waals surface area contributed by atoms with Gasteiger partial charge in [0.15, 0.2) is 0 Å². The van der Waals surface area contributed by atoms with Crippen molar-refractivity contribution in [2.75, 3.05) is 11.9 Å². The molecule has 0 saturated heterocycles. The van der Waals surface area contributed by atoms with Crippen molar-refractivity contribution < 1.29 is 0 Å². The molecule has 0 radical (unpaired) electrons. The molecule has 0 saturated carbocycles. The van der Waals surface area contributed by atoms with E-state index in [2.05, 4.69) is 12.2 Å². The summed E-state index contributed by atoms with van der Waals surface area (Å²) in [5.41, 5.74) is 0. The highest BCUT2D eigenvalue weighted by Crippen LogP contribution is 2.25. The molecule has 1 aromatic rings. The predicted octanol–water partition coefficient (Wildman–Crippen LogP) is 2.83. The van der Waals surface area contributed by atoms with Crippen LogP contribution in [-0.4, -0.2) is 6.54 Å². The Kier molecular flexibility index (Phi) is 2.37. The van der Waals surface area contributed by atoms with Crippen LogP contribution in [0.15, 0.2) is 12.1 Å². The van der Waals surface area contributed by atoms with Crippen LogP contribution in [-0.2, 0) is 0 Å². The smallest absolute Gasteiger partial charge is 0.0950 e. The van der Waals surface area contributed by atoms with Crippen molar-refractivity contribution in [3.63, 3.8) is 0 Å². The normalized spacial score (nSPS) is 9.56. The van der Waals surface area contributed by atoms with Gasteiger partial charge in [-0.1, -0.05) is 11.6 Å². The van der Waals surface area contributed by atoms with Crippen molar-refractivity contribution in [2.45, 2.75) is 6.92 Å². The van der Waals surface area contributed by atoms with Crippen LogP contribution in [0.5, 0.6) is 0 Å². The minimum absolute atomic E-state index is 0.839. The number of hydrogen-bond donors (Lipinski definition) is 1. The lowest BCUT2D eigenvalue weighted by Gasteiger charge is -1.93. The first-order chi connectivity index (χ1) is 4.33. The fourth-order valence-corrected chi connectivity index (χ4v) is 1.59. The molecule has 3 heteroatoms. The van der Waals surface area contributed by atoms with Crippen LogP contribution < -0.4 is 5.32 Å². The fourth-order valence-electron chi connectivity index (χ4n) is 0.584. The summed E-state index contributed by atoms with van der Waals surface area (Å²) in [6, 6.07) is 3.88. The average Bonchev–Trinajstić information content (AvgIpc) is 2.17. The van der Waals surface area contributed by atoms with Gasteiger partial charge in [0.05, 0.1) is 9.34 Å². The van der Waals surface area contributed by atoms with Gasteiger partial charge in [0.25, 0.3) is 0 Å². The number of rotatable bonds is 2. The van der Waals surface area contributed by atoms with Crippen LogP contribution in [0, 0.1) is 0 Å². The molecule has 0 spiro atoms. The molecule has 50 valence electrons. The second-order valence-corrected chi connectivity index (χ2v) is 3.35. The maximum absolute atomic E-state index is 5.67. The molecule has 0 unspecified atom stereocenters. The van der Waals surface area contributed by atoms with E-state index in [1.54, 1.807) is 11.3 Å². The predicted molar refractivity (Wildman–Crippen MR) is 43.5 cm³/mol. The van der Waals surface area contributed by atoms with Gasteiger partial charge in [-0.25, -0.2) is 0 Å². The van der Waals surface area contributed by atoms with E-state index in [1.165, 1.54) is 0 Å². The summed E-state index contributed by atoms with van der Waals surface area (Å²) in [5, 5.41) is 4.30. The Morgan fingerprint density at radius 1 is 1.67 bits per heavy atom. The van der Waals surface area contributed by atoms with Crippen molar-refractivity contribution in [1.29, 1.82) is 0 Å². The summed E-state index contributed by atoms with van der Waals surface area (Å²) in [7, 11) is 0. The van der Waals surface area contributed by atoms with Gasteiger partial charge in [0.2, 0.25) is 0 Å². The van der Waals surface area contributed by atoms with E-state index in [0.29, 0.717) is 0 Å². The number of thiophene rings is 1. The van der Waals surface area contributed by atoms with Crippen molar-refractivity contribution in [1.82, 2.24) is 0 Å². The summed E-state index contributed by atoms with van der Waals surface area (Å²) in [6.07, 6.45) is 0. The molecule has 1 N–H and O–H groups in total. The lowest BCUT2D eigenvalue weighted by molar-refractivity contribution is 1.23. The maximum atomic E-state index is 5.67. The second kappa shape index (κ2) is 3.08. The highest BCUT2D eigenvalue weighted by molar-refractivity contribution is 7.19. The zero-order valence-electron chi connectivity index (χ0n) is 5.15. The molecule has 0 bridgehead atoms. The van der Waals surface area contributed by atoms with Gasteiger partial charge >= 0.3 is 0 Å². The Balaban J connectivity index is 2.61. The third-order valence-corrected chi connectivity index (χ3v) is 2.11. The first kappa shape index (κ1) is 6.90. The summed E-state index contributed by atoms with van der Waals surface area (Å²) in [4.78, 5) is 0. The summed E-state index contributed by atoms with van der Waals surface area (Å²) in [6.45, 7) is 3.02. The van der Waals surface area contributed by atoms with Gasteiger partial charge < -0.3 is 5.32 Å². The van der Waals surface area contributed by atoms with E-state index in [1.807, 2.05) is 12.1 Å². The average molecular weight is 162 g/mol. The van der Waals surface area contributed by atoms with Crippen molar-refractivity contribution >= 4 is 27.9 Å². The highest BCUT2D eigenvalue weighted by atomic mass is 35.5. The second-order valence-electron chi connectivity index (χ2n) is 1.63. The molecule has 9 heavy (non-hydrogen) atoms. The Labute approximate surface area is 63.7 Å². The van der Waals surface area contributed by atoms with Gasteiger partial charge in [-0.3, -0.25) is 0 Å². The molecular weight excluding hydrogens is 154 g/mol. The van der Waals surface area contributed by atoms with Gasteiger partial charge in [-0.2, -0.15) is 0 Å². The zero-order chi connectivity index (χ0) is 6.69. The molecule has 1 rings (SSSR count). The molecule has 0 aliphatic carbocycles. The Morgan fingerprint density at radius 2 is 2.44 bits per heavy atom. The fraction of sp³-hybridized carbons (Fsp3) is 0.333. The molecule has 1 nitrogen and oxygen atoms in total. The maximum Gasteiger partial charge on any atom is 0.0950 e. The first-order valence-electron chi connectivity index (χ1n) is 2.82. The van der Waals surface area contributed by atoms with E-state index in [0.717, 1.165) is 15.9 Å². The molecule has 0 fully saturated rings. The SMILES string of the molecule is CCNc1ccc(Cl)s1. The van der Waals surface area contributed by atoms with Crippen LogP contribution in [0.25, 0.3) is 0 Å². The van der Waals surface area contributed by atoms with E-state index >= 15 is 0 Å². The number of hydrogen-bond acceptors (Lipinski definition) is 2. The largest absolute Gasteiger partial charge is 0.377 e. The van der Waals surface area contributed by atoms with Crippen LogP contribution in [0.2, 0.25) is 4.34 Å². The first-order valence-corrected chi connectivity index (χ1v) is 4.01. The van der Waals surface area contributed by atoms with Gasteiger partial charge in [-0.15, -0.1) is 11.3 Å². The van der Waals surface area contributed by atoms with Gasteiger partial charge in [0.1, 0.15) is 0 Å². The van der Waals surface area contributed by atoms with Crippen molar-refractivity contribution in [3.8, 4) is 0 Å². The third-order valence-electron chi connectivity index (χ3n) is 0.924. The molecule has 1 heterocycles. The topological polar surface area (TPSA) is 12.0 Å². The summed E-state index contributed by atoms with van der Waals surface area (Å²) < 4.78 is 0.839. The lowest BCUT2D eigenvalue weighted by Crippen LogP contribution is -1.91.